The molecule has 0 saturated carbocycles. The van der Waals surface area contributed by atoms with Crippen LogP contribution in [-0.2, 0) is 16.1 Å². The van der Waals surface area contributed by atoms with Crippen molar-refractivity contribution in [2.24, 2.45) is 0 Å². The molecule has 1 N–H and O–H groups in total. The summed E-state index contributed by atoms with van der Waals surface area (Å²) in [5, 5.41) is 3.60. The topological polar surface area (TPSA) is 67.9 Å². The second-order valence-electron chi connectivity index (χ2n) is 6.53. The molecule has 0 aromatic heterocycles. The van der Waals surface area contributed by atoms with Crippen LogP contribution in [0.15, 0.2) is 42.5 Å². The number of rotatable bonds is 10. The van der Waals surface area contributed by atoms with Crippen molar-refractivity contribution in [2.45, 2.75) is 32.9 Å². The van der Waals surface area contributed by atoms with E-state index in [2.05, 4.69) is 5.32 Å². The Bertz CT molecular complexity index is 876. The molecule has 0 heterocycles. The quantitative estimate of drug-likeness (QED) is 0.582. The molecule has 162 valence electrons. The Balaban J connectivity index is 2.25. The van der Waals surface area contributed by atoms with Gasteiger partial charge in [-0.1, -0.05) is 48.3 Å². The summed E-state index contributed by atoms with van der Waals surface area (Å²) in [6.07, 6.45) is 0.452. The van der Waals surface area contributed by atoms with E-state index in [0.717, 1.165) is 5.56 Å². The highest BCUT2D eigenvalue weighted by atomic mass is 35.5. The molecule has 1 atom stereocenters. The van der Waals surface area contributed by atoms with Crippen molar-refractivity contribution >= 4 is 35.0 Å². The number of methoxy groups -OCH3 is 1. The SMILES string of the molecule is CCNC(=O)C(CC)N(Cc1ccc(Cl)c(Cl)c1)C(=O)COc1ccccc1OC. The number of hydrogen-bond acceptors (Lipinski definition) is 4. The van der Waals surface area contributed by atoms with Gasteiger partial charge < -0.3 is 19.7 Å². The van der Waals surface area contributed by atoms with Crippen LogP contribution < -0.4 is 14.8 Å². The van der Waals surface area contributed by atoms with Crippen molar-refractivity contribution in [3.8, 4) is 11.5 Å². The molecule has 0 aliphatic heterocycles. The summed E-state index contributed by atoms with van der Waals surface area (Å²) in [5.74, 6) is 0.432. The van der Waals surface area contributed by atoms with Gasteiger partial charge >= 0.3 is 0 Å². The summed E-state index contributed by atoms with van der Waals surface area (Å²) in [6, 6.07) is 11.6. The summed E-state index contributed by atoms with van der Waals surface area (Å²) in [4.78, 5) is 27.2. The molecule has 0 saturated heterocycles. The van der Waals surface area contributed by atoms with Crippen LogP contribution in [0.1, 0.15) is 25.8 Å². The van der Waals surface area contributed by atoms with E-state index >= 15 is 0 Å². The zero-order valence-corrected chi connectivity index (χ0v) is 18.8. The van der Waals surface area contributed by atoms with Crippen molar-refractivity contribution in [3.05, 3.63) is 58.1 Å². The Labute approximate surface area is 187 Å². The van der Waals surface area contributed by atoms with Gasteiger partial charge in [-0.15, -0.1) is 0 Å². The van der Waals surface area contributed by atoms with Gasteiger partial charge in [0.2, 0.25) is 5.91 Å². The van der Waals surface area contributed by atoms with Gasteiger partial charge in [-0.05, 0) is 43.2 Å². The van der Waals surface area contributed by atoms with E-state index in [1.54, 1.807) is 36.4 Å². The van der Waals surface area contributed by atoms with E-state index in [1.807, 2.05) is 19.9 Å². The maximum atomic E-state index is 13.1. The third-order valence-electron chi connectivity index (χ3n) is 4.49. The highest BCUT2D eigenvalue weighted by Crippen LogP contribution is 2.26. The van der Waals surface area contributed by atoms with E-state index in [-0.39, 0.29) is 25.0 Å². The minimum Gasteiger partial charge on any atom is -0.493 e. The number of para-hydroxylation sites is 2. The van der Waals surface area contributed by atoms with Crippen LogP contribution in [0.3, 0.4) is 0 Å². The van der Waals surface area contributed by atoms with Gasteiger partial charge in [0.05, 0.1) is 17.2 Å². The van der Waals surface area contributed by atoms with Crippen molar-refractivity contribution < 1.29 is 19.1 Å². The molecule has 0 fully saturated rings. The Kier molecular flexibility index (Phi) is 9.27. The minimum atomic E-state index is -0.645. The molecule has 6 nitrogen and oxygen atoms in total. The monoisotopic (exact) mass is 452 g/mol. The molecule has 30 heavy (non-hydrogen) atoms. The van der Waals surface area contributed by atoms with Gasteiger partial charge in [0, 0.05) is 13.1 Å². The average molecular weight is 453 g/mol. The van der Waals surface area contributed by atoms with E-state index in [1.165, 1.54) is 12.0 Å². The number of carbonyl (C=O) groups excluding carboxylic acids is 2. The third-order valence-corrected chi connectivity index (χ3v) is 5.23. The zero-order chi connectivity index (χ0) is 22.1. The van der Waals surface area contributed by atoms with Crippen LogP contribution in [0.2, 0.25) is 10.0 Å². The van der Waals surface area contributed by atoms with Crippen LogP contribution in [0.5, 0.6) is 11.5 Å². The smallest absolute Gasteiger partial charge is 0.261 e. The van der Waals surface area contributed by atoms with Crippen molar-refractivity contribution in [2.75, 3.05) is 20.3 Å². The third kappa shape index (κ3) is 6.28. The predicted octanol–water partition coefficient (Wildman–Crippen LogP) is 4.32. The maximum Gasteiger partial charge on any atom is 0.261 e. The maximum absolute atomic E-state index is 13.1. The Morgan fingerprint density at radius 3 is 2.37 bits per heavy atom. The molecule has 0 bridgehead atoms. The van der Waals surface area contributed by atoms with E-state index in [0.29, 0.717) is 34.5 Å². The summed E-state index contributed by atoms with van der Waals surface area (Å²) in [5.41, 5.74) is 0.762. The molecule has 0 radical (unpaired) electrons. The number of ether oxygens (including phenoxy) is 2. The molecule has 0 aliphatic rings. The van der Waals surface area contributed by atoms with E-state index < -0.39 is 6.04 Å². The van der Waals surface area contributed by atoms with Gasteiger partial charge in [-0.2, -0.15) is 0 Å². The standard InChI is InChI=1S/C22H26Cl2N2O4/c1-4-18(22(28)25-5-2)26(13-15-10-11-16(23)17(24)12-15)21(27)14-30-20-9-7-6-8-19(20)29-3/h6-12,18H,4-5,13-14H2,1-3H3,(H,25,28). The van der Waals surface area contributed by atoms with Gasteiger partial charge in [0.15, 0.2) is 18.1 Å². The molecule has 2 amide bonds. The van der Waals surface area contributed by atoms with Crippen molar-refractivity contribution in [1.29, 1.82) is 0 Å². The van der Waals surface area contributed by atoms with Gasteiger partial charge in [0.1, 0.15) is 6.04 Å². The average Bonchev–Trinajstić information content (AvgIpc) is 2.74. The molecule has 2 aromatic carbocycles. The van der Waals surface area contributed by atoms with Crippen LogP contribution in [-0.4, -0.2) is 43.0 Å². The lowest BCUT2D eigenvalue weighted by Crippen LogP contribution is -2.50. The van der Waals surface area contributed by atoms with Crippen LogP contribution >= 0.6 is 23.2 Å². The highest BCUT2D eigenvalue weighted by molar-refractivity contribution is 6.42. The van der Waals surface area contributed by atoms with E-state index in [9.17, 15) is 9.59 Å². The molecule has 2 aromatic rings. The number of hydrogen-bond donors (Lipinski definition) is 1. The lowest BCUT2D eigenvalue weighted by Gasteiger charge is -2.30. The normalized spacial score (nSPS) is 11.5. The fourth-order valence-electron chi connectivity index (χ4n) is 3.01. The first-order valence-electron chi connectivity index (χ1n) is 9.68. The van der Waals surface area contributed by atoms with Crippen LogP contribution in [0.25, 0.3) is 0 Å². The van der Waals surface area contributed by atoms with Crippen molar-refractivity contribution in [3.63, 3.8) is 0 Å². The highest BCUT2D eigenvalue weighted by Gasteiger charge is 2.29. The second kappa shape index (κ2) is 11.7. The fraction of sp³-hybridized carbons (Fsp3) is 0.364. The van der Waals surface area contributed by atoms with Crippen LogP contribution in [0.4, 0.5) is 0 Å². The Morgan fingerprint density at radius 1 is 1.07 bits per heavy atom. The second-order valence-corrected chi connectivity index (χ2v) is 7.34. The number of carbonyl (C=O) groups is 2. The number of likely N-dealkylation sites (N-methyl/N-ethyl adjacent to an activating group) is 1. The molecule has 2 rings (SSSR count). The van der Waals surface area contributed by atoms with Gasteiger partial charge in [0.25, 0.3) is 5.91 Å². The summed E-state index contributed by atoms with van der Waals surface area (Å²) in [7, 11) is 1.53. The molecular weight excluding hydrogens is 427 g/mol. The molecule has 1 unspecified atom stereocenters. The molecule has 8 heteroatoms. The van der Waals surface area contributed by atoms with Gasteiger partial charge in [-0.3, -0.25) is 9.59 Å². The number of benzene rings is 2. The lowest BCUT2D eigenvalue weighted by molar-refractivity contribution is -0.142. The molecule has 0 aliphatic carbocycles. The number of nitrogens with one attached hydrogen (secondary N) is 1. The zero-order valence-electron chi connectivity index (χ0n) is 17.3. The fourth-order valence-corrected chi connectivity index (χ4v) is 3.33. The largest absolute Gasteiger partial charge is 0.493 e. The summed E-state index contributed by atoms with van der Waals surface area (Å²) in [6.45, 7) is 4.12. The first kappa shape index (κ1) is 23.8. The predicted molar refractivity (Wildman–Crippen MR) is 118 cm³/mol. The van der Waals surface area contributed by atoms with Gasteiger partial charge in [-0.25, -0.2) is 0 Å². The molecular formula is C22H26Cl2N2O4. The minimum absolute atomic E-state index is 0.195. The number of halogens is 2. The Hall–Kier alpha value is -2.44. The Morgan fingerprint density at radius 2 is 1.77 bits per heavy atom. The first-order valence-corrected chi connectivity index (χ1v) is 10.4. The first-order chi connectivity index (χ1) is 14.4. The number of nitrogens with zero attached hydrogens (tertiary/aromatic N) is 1. The van der Waals surface area contributed by atoms with Crippen LogP contribution in [0, 0.1) is 0 Å². The molecule has 0 spiro atoms. The van der Waals surface area contributed by atoms with E-state index in [4.69, 9.17) is 32.7 Å². The summed E-state index contributed by atoms with van der Waals surface area (Å²) >= 11 is 12.1. The van der Waals surface area contributed by atoms with Crippen molar-refractivity contribution in [1.82, 2.24) is 10.2 Å². The lowest BCUT2D eigenvalue weighted by atomic mass is 10.1. The summed E-state index contributed by atoms with van der Waals surface area (Å²) < 4.78 is 10.9. The number of amides is 2.